The van der Waals surface area contributed by atoms with Gasteiger partial charge in [0.2, 0.25) is 15.8 Å². The van der Waals surface area contributed by atoms with E-state index in [9.17, 15) is 38.7 Å². The van der Waals surface area contributed by atoms with Crippen LogP contribution in [0.15, 0.2) is 0 Å². The average molecular weight is 505 g/mol. The van der Waals surface area contributed by atoms with Crippen molar-refractivity contribution in [1.82, 2.24) is 9.21 Å². The standard InChI is InChI=1S/C20H28N2O11S/c1-31-18-13(24)9(7-21-3-5-22(6-4-21)34(2,29)30)11-12(15(18)26)17-19(33-20(11)28)16(27)14(25)10(8-23)32-17/h10,14,16-17,19,23-27H,3-8H2,1-2H3/t10-,14-,16+,17+,19-/m1/s1. The van der Waals surface area contributed by atoms with Crippen LogP contribution in [0.5, 0.6) is 17.2 Å². The van der Waals surface area contributed by atoms with E-state index in [4.69, 9.17) is 14.2 Å². The Kier molecular flexibility index (Phi) is 6.67. The number of hydrogen-bond acceptors (Lipinski definition) is 12. The van der Waals surface area contributed by atoms with Gasteiger partial charge >= 0.3 is 5.97 Å². The summed E-state index contributed by atoms with van der Waals surface area (Å²) >= 11 is 0. The number of sulfonamides is 1. The lowest BCUT2D eigenvalue weighted by atomic mass is 9.84. The highest BCUT2D eigenvalue weighted by atomic mass is 32.2. The zero-order valence-corrected chi connectivity index (χ0v) is 19.4. The molecule has 1 aromatic rings. The van der Waals surface area contributed by atoms with Gasteiger partial charge in [-0.25, -0.2) is 13.2 Å². The normalized spacial score (nSPS) is 30.4. The van der Waals surface area contributed by atoms with E-state index in [1.54, 1.807) is 0 Å². The molecule has 34 heavy (non-hydrogen) atoms. The predicted molar refractivity (Wildman–Crippen MR) is 114 cm³/mol. The number of ether oxygens (including phenoxy) is 3. The van der Waals surface area contributed by atoms with Gasteiger partial charge in [0.15, 0.2) is 17.6 Å². The molecule has 5 atom stereocenters. The predicted octanol–water partition coefficient (Wildman–Crippen LogP) is -2.12. The monoisotopic (exact) mass is 504 g/mol. The number of aromatic hydroxyl groups is 2. The fraction of sp³-hybridized carbons (Fsp3) is 0.650. The Morgan fingerprint density at radius 3 is 2.29 bits per heavy atom. The van der Waals surface area contributed by atoms with Gasteiger partial charge in [-0.1, -0.05) is 0 Å². The third kappa shape index (κ3) is 4.08. The molecule has 13 nitrogen and oxygen atoms in total. The van der Waals surface area contributed by atoms with Gasteiger partial charge in [0, 0.05) is 43.9 Å². The summed E-state index contributed by atoms with van der Waals surface area (Å²) in [6.07, 6.45) is -5.85. The van der Waals surface area contributed by atoms with E-state index in [1.807, 2.05) is 4.90 Å². The molecule has 2 fully saturated rings. The van der Waals surface area contributed by atoms with Gasteiger partial charge in [0.05, 0.1) is 25.5 Å². The first-order chi connectivity index (χ1) is 16.0. The number of carbonyl (C=O) groups excluding carboxylic acids is 1. The van der Waals surface area contributed by atoms with Crippen LogP contribution in [0.3, 0.4) is 0 Å². The second-order valence-corrected chi connectivity index (χ2v) is 10.5. The van der Waals surface area contributed by atoms with Crippen molar-refractivity contribution in [1.29, 1.82) is 0 Å². The Hall–Kier alpha value is -2.20. The summed E-state index contributed by atoms with van der Waals surface area (Å²) in [7, 11) is -2.14. The number of phenolic OH excluding ortho intramolecular Hbond substituents is 2. The Bertz CT molecular complexity index is 1070. The fourth-order valence-electron chi connectivity index (χ4n) is 4.71. The molecule has 0 unspecified atom stereocenters. The summed E-state index contributed by atoms with van der Waals surface area (Å²) in [6.45, 7) is 0.440. The van der Waals surface area contributed by atoms with E-state index in [2.05, 4.69) is 0 Å². The minimum Gasteiger partial charge on any atom is -0.504 e. The van der Waals surface area contributed by atoms with Crippen LogP contribution < -0.4 is 4.74 Å². The molecule has 0 bridgehead atoms. The Morgan fingerprint density at radius 2 is 1.74 bits per heavy atom. The Labute approximate surface area is 195 Å². The minimum atomic E-state index is -3.35. The highest BCUT2D eigenvalue weighted by Gasteiger charge is 2.53. The van der Waals surface area contributed by atoms with Crippen molar-refractivity contribution in [3.05, 3.63) is 16.7 Å². The Balaban J connectivity index is 1.75. The number of rotatable bonds is 5. The molecule has 3 aliphatic rings. The summed E-state index contributed by atoms with van der Waals surface area (Å²) < 4.78 is 41.1. The number of hydrogen-bond donors (Lipinski definition) is 5. The van der Waals surface area contributed by atoms with E-state index >= 15 is 0 Å². The fourth-order valence-corrected chi connectivity index (χ4v) is 5.53. The zero-order chi connectivity index (χ0) is 24.9. The van der Waals surface area contributed by atoms with Crippen molar-refractivity contribution in [3.8, 4) is 17.2 Å². The molecular weight excluding hydrogens is 476 g/mol. The zero-order valence-electron chi connectivity index (χ0n) is 18.6. The van der Waals surface area contributed by atoms with E-state index in [0.717, 1.165) is 6.26 Å². The molecule has 4 rings (SSSR count). The quantitative estimate of drug-likeness (QED) is 0.275. The molecule has 0 aliphatic carbocycles. The number of esters is 1. The van der Waals surface area contributed by atoms with Crippen LogP contribution in [0.2, 0.25) is 0 Å². The molecule has 14 heteroatoms. The third-order valence-electron chi connectivity index (χ3n) is 6.53. The van der Waals surface area contributed by atoms with Crippen molar-refractivity contribution >= 4 is 16.0 Å². The average Bonchev–Trinajstić information content (AvgIpc) is 2.79. The number of phenols is 2. The number of piperazine rings is 1. The first-order valence-electron chi connectivity index (χ1n) is 10.6. The molecular formula is C20H28N2O11S. The summed E-state index contributed by atoms with van der Waals surface area (Å²) in [5.74, 6) is -2.35. The van der Waals surface area contributed by atoms with Gasteiger partial charge in [0.25, 0.3) is 0 Å². The largest absolute Gasteiger partial charge is 0.504 e. The third-order valence-corrected chi connectivity index (χ3v) is 7.83. The summed E-state index contributed by atoms with van der Waals surface area (Å²) in [5.41, 5.74) is -0.196. The summed E-state index contributed by atoms with van der Waals surface area (Å²) in [6, 6.07) is 0. The number of fused-ring (bicyclic) bond motifs is 3. The summed E-state index contributed by atoms with van der Waals surface area (Å²) in [5, 5.41) is 51.9. The van der Waals surface area contributed by atoms with Crippen LogP contribution in [-0.4, -0.2) is 120 Å². The van der Waals surface area contributed by atoms with Crippen molar-refractivity contribution in [3.63, 3.8) is 0 Å². The lowest BCUT2D eigenvalue weighted by Crippen LogP contribution is -2.58. The van der Waals surface area contributed by atoms with Crippen LogP contribution in [0.25, 0.3) is 0 Å². The highest BCUT2D eigenvalue weighted by Crippen LogP contribution is 2.52. The molecule has 3 aliphatic heterocycles. The number of carbonyl (C=O) groups is 1. The topological polar surface area (TPSA) is 187 Å². The number of aliphatic hydroxyl groups is 3. The number of aliphatic hydroxyl groups excluding tert-OH is 3. The highest BCUT2D eigenvalue weighted by molar-refractivity contribution is 7.88. The maximum atomic E-state index is 13.0. The lowest BCUT2D eigenvalue weighted by Gasteiger charge is -2.45. The van der Waals surface area contributed by atoms with Gasteiger partial charge in [-0.3, -0.25) is 4.90 Å². The van der Waals surface area contributed by atoms with E-state index in [1.165, 1.54) is 11.4 Å². The van der Waals surface area contributed by atoms with Crippen LogP contribution >= 0.6 is 0 Å². The SMILES string of the molecule is COc1c(O)c(CN2CCN(S(C)(=O)=O)CC2)c2c(c1O)[C@@H]1O[C@H](CO)[C@@H](O)[C@H](O)[C@H]1OC2=O. The molecule has 3 heterocycles. The molecule has 0 saturated carbocycles. The van der Waals surface area contributed by atoms with Crippen LogP contribution in [0.1, 0.15) is 27.6 Å². The molecule has 0 aromatic heterocycles. The molecule has 1 aromatic carbocycles. The molecule has 5 N–H and O–H groups in total. The minimum absolute atomic E-state index is 0.00347. The molecule has 0 amide bonds. The Morgan fingerprint density at radius 1 is 1.09 bits per heavy atom. The van der Waals surface area contributed by atoms with Gasteiger partial charge < -0.3 is 39.7 Å². The van der Waals surface area contributed by atoms with E-state index < -0.39 is 64.6 Å². The van der Waals surface area contributed by atoms with E-state index in [-0.39, 0.29) is 42.1 Å². The first kappa shape index (κ1) is 24.9. The molecule has 190 valence electrons. The van der Waals surface area contributed by atoms with Gasteiger partial charge in [-0.15, -0.1) is 0 Å². The number of nitrogens with zero attached hydrogens (tertiary/aromatic N) is 2. The molecule has 2 saturated heterocycles. The van der Waals surface area contributed by atoms with Crippen molar-refractivity contribution in [2.24, 2.45) is 0 Å². The van der Waals surface area contributed by atoms with Crippen molar-refractivity contribution in [2.75, 3.05) is 46.2 Å². The van der Waals surface area contributed by atoms with Crippen LogP contribution in [-0.2, 0) is 26.0 Å². The first-order valence-corrected chi connectivity index (χ1v) is 12.5. The number of benzene rings is 1. The van der Waals surface area contributed by atoms with Crippen LogP contribution in [0.4, 0.5) is 0 Å². The van der Waals surface area contributed by atoms with Crippen LogP contribution in [0, 0.1) is 0 Å². The second-order valence-electron chi connectivity index (χ2n) is 8.56. The maximum absolute atomic E-state index is 13.0. The van der Waals surface area contributed by atoms with Gasteiger partial charge in [-0.2, -0.15) is 4.31 Å². The lowest BCUT2D eigenvalue weighted by molar-refractivity contribution is -0.235. The smallest absolute Gasteiger partial charge is 0.339 e. The van der Waals surface area contributed by atoms with E-state index in [0.29, 0.717) is 13.1 Å². The van der Waals surface area contributed by atoms with Gasteiger partial charge in [-0.05, 0) is 0 Å². The molecule has 0 spiro atoms. The maximum Gasteiger partial charge on any atom is 0.339 e. The summed E-state index contributed by atoms with van der Waals surface area (Å²) in [4.78, 5) is 14.8. The van der Waals surface area contributed by atoms with Gasteiger partial charge in [0.1, 0.15) is 24.4 Å². The van der Waals surface area contributed by atoms with Crippen molar-refractivity contribution in [2.45, 2.75) is 37.1 Å². The molecule has 0 radical (unpaired) electrons. The number of methoxy groups -OCH3 is 1. The second kappa shape index (κ2) is 9.11. The van der Waals surface area contributed by atoms with Crippen molar-refractivity contribution < 1.29 is 53.0 Å².